The fourth-order valence-corrected chi connectivity index (χ4v) is 10.3. The number of hydrogen-bond acceptors (Lipinski definition) is 2. The van der Waals surface area contributed by atoms with Crippen LogP contribution in [0.3, 0.4) is 0 Å². The van der Waals surface area contributed by atoms with Gasteiger partial charge in [-0.2, -0.15) is 0 Å². The molecule has 0 N–H and O–H groups in total. The zero-order valence-electron chi connectivity index (χ0n) is 36.0. The molecule has 2 heteroatoms. The number of rotatable bonds is 7. The molecule has 308 valence electrons. The largest absolute Gasteiger partial charge is 0.456 e. The van der Waals surface area contributed by atoms with E-state index in [1.54, 1.807) is 0 Å². The summed E-state index contributed by atoms with van der Waals surface area (Å²) in [4.78, 5) is 2.40. The summed E-state index contributed by atoms with van der Waals surface area (Å²) >= 11 is 0. The molecule has 0 unspecified atom stereocenters. The van der Waals surface area contributed by atoms with Crippen LogP contribution in [-0.4, -0.2) is 0 Å². The Morgan fingerprint density at radius 1 is 0.242 bits per heavy atom. The van der Waals surface area contributed by atoms with Crippen LogP contribution in [-0.2, 0) is 0 Å². The van der Waals surface area contributed by atoms with Crippen molar-refractivity contribution >= 4 is 82.1 Å². The second kappa shape index (κ2) is 15.5. The molecule has 2 nitrogen and oxygen atoms in total. The maximum absolute atomic E-state index is 6.30. The third-order valence-electron chi connectivity index (χ3n) is 13.5. The summed E-state index contributed by atoms with van der Waals surface area (Å²) in [5.74, 6) is 0. The van der Waals surface area contributed by atoms with Crippen LogP contribution < -0.4 is 4.90 Å². The molecule has 1 heterocycles. The van der Waals surface area contributed by atoms with E-state index in [4.69, 9.17) is 4.42 Å². The number of hydrogen-bond donors (Lipinski definition) is 0. The Bertz CT molecular complexity index is 3950. The lowest BCUT2D eigenvalue weighted by molar-refractivity contribution is 0.669. The van der Waals surface area contributed by atoms with Gasteiger partial charge in [0.2, 0.25) is 0 Å². The van der Waals surface area contributed by atoms with Gasteiger partial charge < -0.3 is 9.32 Å². The summed E-state index contributed by atoms with van der Waals surface area (Å²) in [6.07, 6.45) is 0. The molecule has 0 aliphatic carbocycles. The predicted octanol–water partition coefficient (Wildman–Crippen LogP) is 18.3. The molecule has 0 fully saturated rings. The van der Waals surface area contributed by atoms with Gasteiger partial charge in [-0.1, -0.05) is 188 Å². The summed E-state index contributed by atoms with van der Waals surface area (Å²) in [5, 5.41) is 12.4. The molecule has 0 saturated heterocycles. The van der Waals surface area contributed by atoms with E-state index < -0.39 is 0 Å². The smallest absolute Gasteiger partial charge is 0.136 e. The van der Waals surface area contributed by atoms with Crippen molar-refractivity contribution in [2.45, 2.75) is 0 Å². The van der Waals surface area contributed by atoms with Crippen molar-refractivity contribution in [3.63, 3.8) is 0 Å². The van der Waals surface area contributed by atoms with Gasteiger partial charge in [0, 0.05) is 27.7 Å². The molecule has 1 aromatic heterocycles. The molecule has 0 aliphatic rings. The van der Waals surface area contributed by atoms with Crippen LogP contribution in [0.15, 0.2) is 253 Å². The second-order valence-corrected chi connectivity index (χ2v) is 17.2. The maximum Gasteiger partial charge on any atom is 0.136 e. The SMILES string of the molecule is c1cc(-c2ccccc2N(c2ccc(-c3ccc4c(c3)oc3ccccc34)cc2)c2ccc(-c3ccc4c5ccccc5c5ccccc5c4c3)cc2)cc(-c2cccc3ccccc23)c1. The highest BCUT2D eigenvalue weighted by Gasteiger charge is 2.19. The molecule has 13 rings (SSSR count). The van der Waals surface area contributed by atoms with E-state index in [-0.39, 0.29) is 0 Å². The lowest BCUT2D eigenvalue weighted by Crippen LogP contribution is -2.11. The fraction of sp³-hybridized carbons (Fsp3) is 0. The van der Waals surface area contributed by atoms with Gasteiger partial charge in [-0.05, 0) is 143 Å². The second-order valence-electron chi connectivity index (χ2n) is 17.2. The monoisotopic (exact) mass is 839 g/mol. The first-order valence-electron chi connectivity index (χ1n) is 22.7. The minimum atomic E-state index is 0.895. The van der Waals surface area contributed by atoms with Crippen molar-refractivity contribution in [1.82, 2.24) is 0 Å². The summed E-state index contributed by atoms with van der Waals surface area (Å²) in [6, 6.07) is 90.3. The quantitative estimate of drug-likeness (QED) is 0.149. The molecule has 0 radical (unpaired) electrons. The Kier molecular flexibility index (Phi) is 8.89. The van der Waals surface area contributed by atoms with Gasteiger partial charge in [0.1, 0.15) is 11.2 Å². The zero-order valence-corrected chi connectivity index (χ0v) is 36.0. The van der Waals surface area contributed by atoms with E-state index in [1.807, 2.05) is 12.1 Å². The van der Waals surface area contributed by atoms with Gasteiger partial charge in [-0.3, -0.25) is 0 Å². The van der Waals surface area contributed by atoms with Crippen LogP contribution in [0, 0.1) is 0 Å². The summed E-state index contributed by atoms with van der Waals surface area (Å²) in [7, 11) is 0. The molecule has 12 aromatic carbocycles. The van der Waals surface area contributed by atoms with E-state index in [2.05, 4.69) is 241 Å². The van der Waals surface area contributed by atoms with Crippen molar-refractivity contribution in [1.29, 1.82) is 0 Å². The van der Waals surface area contributed by atoms with Crippen LogP contribution in [0.1, 0.15) is 0 Å². The van der Waals surface area contributed by atoms with Gasteiger partial charge in [-0.15, -0.1) is 0 Å². The maximum atomic E-state index is 6.30. The van der Waals surface area contributed by atoms with Crippen LogP contribution in [0.25, 0.3) is 110 Å². The summed E-state index contributed by atoms with van der Waals surface area (Å²) in [5.41, 5.74) is 14.4. The summed E-state index contributed by atoms with van der Waals surface area (Å²) < 4.78 is 6.30. The molecule has 0 spiro atoms. The Morgan fingerprint density at radius 2 is 0.697 bits per heavy atom. The minimum Gasteiger partial charge on any atom is -0.456 e. The third-order valence-corrected chi connectivity index (χ3v) is 13.5. The van der Waals surface area contributed by atoms with E-state index in [0.717, 1.165) is 61.3 Å². The number of nitrogens with zero attached hydrogens (tertiary/aromatic N) is 1. The molecule has 0 amide bonds. The number of fused-ring (bicyclic) bond motifs is 10. The zero-order chi connectivity index (χ0) is 43.6. The first-order valence-corrected chi connectivity index (χ1v) is 22.7. The topological polar surface area (TPSA) is 16.4 Å². The highest BCUT2D eigenvalue weighted by molar-refractivity contribution is 6.25. The van der Waals surface area contributed by atoms with Crippen molar-refractivity contribution < 1.29 is 4.42 Å². The Hall–Kier alpha value is -8.72. The predicted molar refractivity (Wildman–Crippen MR) is 280 cm³/mol. The van der Waals surface area contributed by atoms with E-state index >= 15 is 0 Å². The van der Waals surface area contributed by atoms with Crippen LogP contribution in [0.2, 0.25) is 0 Å². The average Bonchev–Trinajstić information content (AvgIpc) is 3.77. The van der Waals surface area contributed by atoms with E-state index in [1.165, 1.54) is 65.3 Å². The number of para-hydroxylation sites is 2. The van der Waals surface area contributed by atoms with E-state index in [9.17, 15) is 0 Å². The van der Waals surface area contributed by atoms with Gasteiger partial charge in [0.15, 0.2) is 0 Å². The van der Waals surface area contributed by atoms with Gasteiger partial charge >= 0.3 is 0 Å². The molecular weight excluding hydrogens is 799 g/mol. The molecule has 0 saturated carbocycles. The molecule has 66 heavy (non-hydrogen) atoms. The number of furan rings is 1. The lowest BCUT2D eigenvalue weighted by atomic mass is 9.92. The highest BCUT2D eigenvalue weighted by Crippen LogP contribution is 2.44. The fourth-order valence-electron chi connectivity index (χ4n) is 10.3. The van der Waals surface area contributed by atoms with Crippen LogP contribution in [0.4, 0.5) is 17.1 Å². The first kappa shape index (κ1) is 37.8. The van der Waals surface area contributed by atoms with Crippen molar-refractivity contribution in [3.8, 4) is 44.5 Å². The molecule has 0 atom stereocenters. The minimum absolute atomic E-state index is 0.895. The normalized spacial score (nSPS) is 11.6. The number of benzene rings is 12. The lowest BCUT2D eigenvalue weighted by Gasteiger charge is -2.28. The van der Waals surface area contributed by atoms with Crippen LogP contribution in [0.5, 0.6) is 0 Å². The molecule has 0 bridgehead atoms. The van der Waals surface area contributed by atoms with E-state index in [0.29, 0.717) is 0 Å². The van der Waals surface area contributed by atoms with Crippen LogP contribution >= 0.6 is 0 Å². The van der Waals surface area contributed by atoms with Gasteiger partial charge in [-0.25, -0.2) is 0 Å². The first-order chi connectivity index (χ1) is 32.7. The number of anilines is 3. The molecule has 13 aromatic rings. The van der Waals surface area contributed by atoms with Crippen molar-refractivity contribution in [3.05, 3.63) is 249 Å². The Morgan fingerprint density at radius 3 is 1.39 bits per heavy atom. The van der Waals surface area contributed by atoms with Crippen molar-refractivity contribution in [2.24, 2.45) is 0 Å². The Balaban J connectivity index is 0.928. The van der Waals surface area contributed by atoms with Gasteiger partial charge in [0.05, 0.1) is 5.69 Å². The molecule has 0 aliphatic heterocycles. The van der Waals surface area contributed by atoms with Crippen molar-refractivity contribution in [2.75, 3.05) is 4.90 Å². The average molecular weight is 840 g/mol. The highest BCUT2D eigenvalue weighted by atomic mass is 16.3. The Labute approximate surface area is 382 Å². The standard InChI is InChI=1S/C64H41NO/c1-2-17-51-44(13-1)14-12-24-52(51)47-15-11-16-48(39-47)53-18-7-9-25-62(53)65(50-35-29-43(30-36-50)46-32-38-60-59-23-8-10-26-63(59)66-64(60)41-46)49-33-27-42(28-34-49)45-31-37-58-56-21-4-3-19-54(56)55-20-5-6-22-57(55)61(58)40-45/h1-41H. The third kappa shape index (κ3) is 6.34. The molecular formula is C64H41NO. The summed E-state index contributed by atoms with van der Waals surface area (Å²) in [6.45, 7) is 0. The van der Waals surface area contributed by atoms with Gasteiger partial charge in [0.25, 0.3) is 0 Å².